The first-order chi connectivity index (χ1) is 18.2. The van der Waals surface area contributed by atoms with Crippen LogP contribution < -0.4 is 11.1 Å². The standard InChI is InChI=1S/C21H23ClN2O2.C10H13NO/c22-16-4-2-5-17(12-16)23-21(26)20-19(15-3-1-6-18(25)11-15)9-10-24(20)13-14-7-8-14;1-7(11)9-4-3-5-10(6-9)8(2)12/h1-6,11-12,14,19-20,25H,7-10,13H2,(H,23,26);3-7H,11H2,1-2H3. The second-order valence-corrected chi connectivity index (χ2v) is 10.8. The molecule has 200 valence electrons. The highest BCUT2D eigenvalue weighted by Crippen LogP contribution is 2.39. The number of phenolic OH excluding ortho intramolecular Hbond substituents is 1. The Bertz CT molecular complexity index is 1270. The highest BCUT2D eigenvalue weighted by Gasteiger charge is 2.42. The maximum absolute atomic E-state index is 13.1. The summed E-state index contributed by atoms with van der Waals surface area (Å²) in [5.74, 6) is 1.13. The van der Waals surface area contributed by atoms with E-state index in [2.05, 4.69) is 10.2 Å². The first-order valence-electron chi connectivity index (χ1n) is 13.2. The van der Waals surface area contributed by atoms with E-state index >= 15 is 0 Å². The molecule has 3 aromatic carbocycles. The minimum Gasteiger partial charge on any atom is -0.508 e. The van der Waals surface area contributed by atoms with Crippen LogP contribution in [0.5, 0.6) is 5.75 Å². The van der Waals surface area contributed by atoms with E-state index in [-0.39, 0.29) is 35.4 Å². The molecule has 2 aliphatic rings. The molecular formula is C31H36ClN3O3. The molecule has 3 aromatic rings. The van der Waals surface area contributed by atoms with E-state index in [1.165, 1.54) is 12.8 Å². The first-order valence-corrected chi connectivity index (χ1v) is 13.5. The Morgan fingerprint density at radius 2 is 1.79 bits per heavy atom. The van der Waals surface area contributed by atoms with Gasteiger partial charge in [0, 0.05) is 34.8 Å². The molecule has 0 bridgehead atoms. The molecule has 3 unspecified atom stereocenters. The van der Waals surface area contributed by atoms with E-state index in [0.29, 0.717) is 5.02 Å². The summed E-state index contributed by atoms with van der Waals surface area (Å²) in [5, 5.41) is 13.5. The fourth-order valence-electron chi connectivity index (χ4n) is 4.97. The number of nitrogens with zero attached hydrogens (tertiary/aromatic N) is 1. The lowest BCUT2D eigenvalue weighted by molar-refractivity contribution is -0.120. The van der Waals surface area contributed by atoms with Crippen molar-refractivity contribution in [1.82, 2.24) is 4.90 Å². The van der Waals surface area contributed by atoms with Crippen molar-refractivity contribution in [2.24, 2.45) is 11.7 Å². The smallest absolute Gasteiger partial charge is 0.242 e. The van der Waals surface area contributed by atoms with Gasteiger partial charge in [0.2, 0.25) is 5.91 Å². The van der Waals surface area contributed by atoms with E-state index in [1.807, 2.05) is 49.4 Å². The number of benzene rings is 3. The van der Waals surface area contributed by atoms with Gasteiger partial charge in [0.15, 0.2) is 5.78 Å². The molecule has 3 atom stereocenters. The van der Waals surface area contributed by atoms with Crippen LogP contribution in [-0.4, -0.2) is 40.8 Å². The van der Waals surface area contributed by atoms with Crippen LogP contribution in [0.3, 0.4) is 0 Å². The Morgan fingerprint density at radius 3 is 2.45 bits per heavy atom. The molecule has 2 fully saturated rings. The molecule has 0 aromatic heterocycles. The zero-order chi connectivity index (χ0) is 27.2. The molecule has 1 saturated heterocycles. The van der Waals surface area contributed by atoms with Gasteiger partial charge in [0.05, 0.1) is 6.04 Å². The number of nitrogens with two attached hydrogens (primary N) is 1. The van der Waals surface area contributed by atoms with Gasteiger partial charge in [0.25, 0.3) is 0 Å². The number of likely N-dealkylation sites (tertiary alicyclic amines) is 1. The lowest BCUT2D eigenvalue weighted by Gasteiger charge is -2.27. The molecule has 1 aliphatic heterocycles. The van der Waals surface area contributed by atoms with Crippen molar-refractivity contribution >= 4 is 29.0 Å². The lowest BCUT2D eigenvalue weighted by atomic mass is 9.91. The van der Waals surface area contributed by atoms with Crippen molar-refractivity contribution in [3.63, 3.8) is 0 Å². The third-order valence-electron chi connectivity index (χ3n) is 7.17. The number of anilines is 1. The zero-order valence-electron chi connectivity index (χ0n) is 21.9. The number of carbonyl (C=O) groups excluding carboxylic acids is 2. The Hall–Kier alpha value is -3.19. The largest absolute Gasteiger partial charge is 0.508 e. The number of nitrogens with one attached hydrogen (secondary N) is 1. The maximum Gasteiger partial charge on any atom is 0.242 e. The molecule has 1 saturated carbocycles. The number of rotatable bonds is 7. The summed E-state index contributed by atoms with van der Waals surface area (Å²) < 4.78 is 0. The van der Waals surface area contributed by atoms with E-state index in [4.69, 9.17) is 17.3 Å². The number of carbonyl (C=O) groups is 2. The normalized spacial score (nSPS) is 19.8. The third kappa shape index (κ3) is 7.44. The summed E-state index contributed by atoms with van der Waals surface area (Å²) in [5.41, 5.74) is 9.14. The molecule has 6 nitrogen and oxygen atoms in total. The lowest BCUT2D eigenvalue weighted by Crippen LogP contribution is -2.43. The number of hydrogen-bond acceptors (Lipinski definition) is 5. The van der Waals surface area contributed by atoms with Gasteiger partial charge in [0.1, 0.15) is 5.75 Å². The number of phenols is 1. The number of amides is 1. The van der Waals surface area contributed by atoms with Crippen molar-refractivity contribution in [3.05, 3.63) is 94.5 Å². The number of hydrogen-bond donors (Lipinski definition) is 3. The third-order valence-corrected chi connectivity index (χ3v) is 7.40. The van der Waals surface area contributed by atoms with E-state index in [0.717, 1.165) is 47.8 Å². The highest BCUT2D eigenvalue weighted by molar-refractivity contribution is 6.30. The average Bonchev–Trinajstić information content (AvgIpc) is 3.60. The van der Waals surface area contributed by atoms with Gasteiger partial charge >= 0.3 is 0 Å². The second kappa shape index (κ2) is 12.6. The van der Waals surface area contributed by atoms with Crippen molar-refractivity contribution in [3.8, 4) is 5.75 Å². The van der Waals surface area contributed by atoms with Crippen LogP contribution in [0, 0.1) is 5.92 Å². The summed E-state index contributed by atoms with van der Waals surface area (Å²) in [4.78, 5) is 26.4. The van der Waals surface area contributed by atoms with Gasteiger partial charge in [-0.05, 0) is 93.1 Å². The molecule has 1 aliphatic carbocycles. The van der Waals surface area contributed by atoms with Crippen molar-refractivity contribution < 1.29 is 14.7 Å². The Labute approximate surface area is 229 Å². The molecular weight excluding hydrogens is 498 g/mol. The maximum atomic E-state index is 13.1. The Kier molecular flexibility index (Phi) is 9.21. The van der Waals surface area contributed by atoms with Gasteiger partial charge < -0.3 is 16.2 Å². The summed E-state index contributed by atoms with van der Waals surface area (Å²) in [6, 6.07) is 21.7. The van der Waals surface area contributed by atoms with Crippen molar-refractivity contribution in [2.75, 3.05) is 18.4 Å². The molecule has 1 heterocycles. The van der Waals surface area contributed by atoms with Gasteiger partial charge in [-0.2, -0.15) is 0 Å². The van der Waals surface area contributed by atoms with Crippen LogP contribution >= 0.6 is 11.6 Å². The Morgan fingerprint density at radius 1 is 1.05 bits per heavy atom. The minimum absolute atomic E-state index is 0.00115. The van der Waals surface area contributed by atoms with Gasteiger partial charge in [-0.3, -0.25) is 14.5 Å². The monoisotopic (exact) mass is 533 g/mol. The molecule has 4 N–H and O–H groups in total. The molecule has 38 heavy (non-hydrogen) atoms. The van der Waals surface area contributed by atoms with Gasteiger partial charge in [-0.1, -0.05) is 48.0 Å². The number of aromatic hydroxyl groups is 1. The number of ketones is 1. The highest BCUT2D eigenvalue weighted by atomic mass is 35.5. The number of halogens is 1. The van der Waals surface area contributed by atoms with Crippen LogP contribution in [0.2, 0.25) is 5.02 Å². The molecule has 1 amide bonds. The predicted octanol–water partition coefficient (Wildman–Crippen LogP) is 6.16. The quantitative estimate of drug-likeness (QED) is 0.316. The summed E-state index contributed by atoms with van der Waals surface area (Å²) in [6.45, 7) is 5.34. The van der Waals surface area contributed by atoms with E-state index in [1.54, 1.807) is 37.3 Å². The molecule has 5 rings (SSSR count). The topological polar surface area (TPSA) is 95.7 Å². The summed E-state index contributed by atoms with van der Waals surface area (Å²) in [7, 11) is 0. The first kappa shape index (κ1) is 27.8. The number of Topliss-reactive ketones (excluding diaryl/α,β-unsaturated/α-hetero) is 1. The zero-order valence-corrected chi connectivity index (χ0v) is 22.7. The van der Waals surface area contributed by atoms with Crippen LogP contribution in [0.1, 0.15) is 66.6 Å². The predicted molar refractivity (Wildman–Crippen MR) is 153 cm³/mol. The fraction of sp³-hybridized carbons (Fsp3) is 0.355. The van der Waals surface area contributed by atoms with Gasteiger partial charge in [-0.25, -0.2) is 0 Å². The van der Waals surface area contributed by atoms with Crippen LogP contribution in [0.25, 0.3) is 0 Å². The minimum atomic E-state index is -0.226. The average molecular weight is 534 g/mol. The van der Waals surface area contributed by atoms with E-state index in [9.17, 15) is 14.7 Å². The van der Waals surface area contributed by atoms with Crippen LogP contribution in [0.15, 0.2) is 72.8 Å². The van der Waals surface area contributed by atoms with Crippen molar-refractivity contribution in [1.29, 1.82) is 0 Å². The molecule has 7 heteroatoms. The second-order valence-electron chi connectivity index (χ2n) is 10.3. The fourth-order valence-corrected chi connectivity index (χ4v) is 5.16. The van der Waals surface area contributed by atoms with Gasteiger partial charge in [-0.15, -0.1) is 0 Å². The van der Waals surface area contributed by atoms with E-state index < -0.39 is 0 Å². The molecule has 0 radical (unpaired) electrons. The Balaban J connectivity index is 0.000000236. The van der Waals surface area contributed by atoms with Crippen LogP contribution in [0.4, 0.5) is 5.69 Å². The van der Waals surface area contributed by atoms with Crippen LogP contribution in [-0.2, 0) is 4.79 Å². The van der Waals surface area contributed by atoms with Crippen molar-refractivity contribution in [2.45, 2.75) is 51.1 Å². The SMILES string of the molecule is CC(=O)c1cccc(C(C)N)c1.O=C(Nc1cccc(Cl)c1)C1C(c2cccc(O)c2)CCN1CC1CC1. The summed E-state index contributed by atoms with van der Waals surface area (Å²) >= 11 is 6.05. The summed E-state index contributed by atoms with van der Waals surface area (Å²) in [6.07, 6.45) is 3.44. The molecule has 0 spiro atoms.